The van der Waals surface area contributed by atoms with E-state index in [1.807, 2.05) is 61.5 Å². The highest BCUT2D eigenvalue weighted by molar-refractivity contribution is 5.77. The van der Waals surface area contributed by atoms with Crippen molar-refractivity contribution in [2.24, 2.45) is 0 Å². The maximum Gasteiger partial charge on any atom is 0.416 e. The fraction of sp³-hybridized carbons (Fsp3) is 0.333. The summed E-state index contributed by atoms with van der Waals surface area (Å²) in [4.78, 5) is 28.3. The number of benzene rings is 3. The van der Waals surface area contributed by atoms with Gasteiger partial charge in [-0.2, -0.15) is 13.2 Å². The quantitative estimate of drug-likeness (QED) is 0.218. The summed E-state index contributed by atoms with van der Waals surface area (Å²) in [6.07, 6.45) is 0.554. The standard InChI is InChI=1S/C33H34F3N3O3/c1-3-42-31(40)30(26-8-5-4-6-9-26)37-18-16-25(17-19-37)24-12-14-29(15-13-24)39-21-20-38(32(39)41)23(2)27-10-7-11-28(22-27)33(34,35)36/h4-15,20-23,25,30H,3,16-19H2,1-2H3/t23-,30?/m1/s1. The Morgan fingerprint density at radius 1 is 0.929 bits per heavy atom. The minimum absolute atomic E-state index is 0.230. The van der Waals surface area contributed by atoms with Crippen LogP contribution in [0, 0.1) is 0 Å². The van der Waals surface area contributed by atoms with E-state index in [0.29, 0.717) is 23.8 Å². The molecule has 3 aromatic carbocycles. The molecule has 9 heteroatoms. The Morgan fingerprint density at radius 2 is 1.60 bits per heavy atom. The van der Waals surface area contributed by atoms with Gasteiger partial charge in [-0.05, 0) is 86.7 Å². The molecule has 4 aromatic rings. The van der Waals surface area contributed by atoms with E-state index in [1.165, 1.54) is 15.2 Å². The van der Waals surface area contributed by atoms with Crippen LogP contribution in [-0.2, 0) is 15.7 Å². The third kappa shape index (κ3) is 6.21. The van der Waals surface area contributed by atoms with Crippen molar-refractivity contribution in [1.29, 1.82) is 0 Å². The molecular formula is C33H34F3N3O3. The van der Waals surface area contributed by atoms with E-state index in [0.717, 1.165) is 49.2 Å². The minimum Gasteiger partial charge on any atom is -0.465 e. The number of imidazole rings is 1. The Morgan fingerprint density at radius 3 is 2.24 bits per heavy atom. The largest absolute Gasteiger partial charge is 0.465 e. The number of carbonyl (C=O) groups is 1. The van der Waals surface area contributed by atoms with Crippen molar-refractivity contribution in [2.75, 3.05) is 19.7 Å². The first kappa shape index (κ1) is 29.4. The van der Waals surface area contributed by atoms with E-state index < -0.39 is 23.8 Å². The maximum atomic E-state index is 13.2. The number of aromatic nitrogens is 2. The molecule has 0 spiro atoms. The number of nitrogens with zero attached hydrogens (tertiary/aromatic N) is 3. The molecule has 1 unspecified atom stereocenters. The Kier molecular flexibility index (Phi) is 8.68. The molecule has 0 amide bonds. The average molecular weight is 578 g/mol. The monoisotopic (exact) mass is 577 g/mol. The van der Waals surface area contributed by atoms with Crippen molar-refractivity contribution < 1.29 is 22.7 Å². The molecular weight excluding hydrogens is 543 g/mol. The van der Waals surface area contributed by atoms with Gasteiger partial charge < -0.3 is 4.74 Å². The van der Waals surface area contributed by atoms with Crippen LogP contribution in [-0.4, -0.2) is 39.7 Å². The van der Waals surface area contributed by atoms with Crippen LogP contribution in [0.3, 0.4) is 0 Å². The first-order valence-electron chi connectivity index (χ1n) is 14.2. The molecule has 1 fully saturated rings. The molecule has 0 aliphatic carbocycles. The highest BCUT2D eigenvalue weighted by Crippen LogP contribution is 2.34. The molecule has 220 valence electrons. The second-order valence-electron chi connectivity index (χ2n) is 10.6. The van der Waals surface area contributed by atoms with Gasteiger partial charge in [0, 0.05) is 12.4 Å². The molecule has 2 atom stereocenters. The molecule has 6 nitrogen and oxygen atoms in total. The van der Waals surface area contributed by atoms with Gasteiger partial charge in [-0.1, -0.05) is 54.6 Å². The molecule has 1 aliphatic rings. The van der Waals surface area contributed by atoms with Crippen LogP contribution in [0.5, 0.6) is 0 Å². The third-order valence-electron chi connectivity index (χ3n) is 8.08. The number of hydrogen-bond acceptors (Lipinski definition) is 4. The van der Waals surface area contributed by atoms with E-state index in [-0.39, 0.29) is 11.7 Å². The summed E-state index contributed by atoms with van der Waals surface area (Å²) in [5.74, 6) is 0.0856. The van der Waals surface area contributed by atoms with Gasteiger partial charge in [0.25, 0.3) is 0 Å². The zero-order valence-electron chi connectivity index (χ0n) is 23.6. The van der Waals surface area contributed by atoms with Crippen LogP contribution in [0.2, 0.25) is 0 Å². The summed E-state index contributed by atoms with van der Waals surface area (Å²) < 4.78 is 47.9. The summed E-state index contributed by atoms with van der Waals surface area (Å²) in [5.41, 5.74) is 2.12. The maximum absolute atomic E-state index is 13.2. The van der Waals surface area contributed by atoms with Crippen molar-refractivity contribution in [1.82, 2.24) is 14.0 Å². The predicted octanol–water partition coefficient (Wildman–Crippen LogP) is 6.75. The lowest BCUT2D eigenvalue weighted by Crippen LogP contribution is -2.40. The molecule has 1 saturated heterocycles. The van der Waals surface area contributed by atoms with Gasteiger partial charge in [0.05, 0.1) is 23.9 Å². The van der Waals surface area contributed by atoms with Gasteiger partial charge in [0.2, 0.25) is 0 Å². The minimum atomic E-state index is -4.45. The summed E-state index contributed by atoms with van der Waals surface area (Å²) in [6, 6.07) is 21.6. The topological polar surface area (TPSA) is 56.5 Å². The number of esters is 1. The molecule has 5 rings (SSSR count). The summed E-state index contributed by atoms with van der Waals surface area (Å²) in [5, 5.41) is 0. The average Bonchev–Trinajstić information content (AvgIpc) is 3.38. The number of ether oxygens (including phenoxy) is 1. The highest BCUT2D eigenvalue weighted by atomic mass is 19.4. The number of halogens is 3. The van der Waals surface area contributed by atoms with E-state index >= 15 is 0 Å². The van der Waals surface area contributed by atoms with Crippen molar-refractivity contribution >= 4 is 5.97 Å². The first-order valence-corrected chi connectivity index (χ1v) is 14.2. The van der Waals surface area contributed by atoms with Gasteiger partial charge in [-0.15, -0.1) is 0 Å². The fourth-order valence-electron chi connectivity index (χ4n) is 5.77. The Balaban J connectivity index is 1.27. The first-order chi connectivity index (χ1) is 20.2. The number of carbonyl (C=O) groups excluding carboxylic acids is 1. The van der Waals surface area contributed by atoms with Crippen LogP contribution in [0.15, 0.2) is 96.1 Å². The lowest BCUT2D eigenvalue weighted by atomic mass is 9.88. The molecule has 0 N–H and O–H groups in total. The number of likely N-dealkylation sites (tertiary alicyclic amines) is 1. The van der Waals surface area contributed by atoms with Crippen LogP contribution in [0.4, 0.5) is 13.2 Å². The summed E-state index contributed by atoms with van der Waals surface area (Å²) >= 11 is 0. The summed E-state index contributed by atoms with van der Waals surface area (Å²) in [6.45, 7) is 5.36. The van der Waals surface area contributed by atoms with Crippen LogP contribution in [0.25, 0.3) is 5.69 Å². The normalized spacial score (nSPS) is 16.2. The van der Waals surface area contributed by atoms with E-state index in [1.54, 1.807) is 25.4 Å². The highest BCUT2D eigenvalue weighted by Gasteiger charge is 2.33. The number of alkyl halides is 3. The fourth-order valence-corrected chi connectivity index (χ4v) is 5.77. The lowest BCUT2D eigenvalue weighted by molar-refractivity contribution is -0.150. The SMILES string of the molecule is CCOC(=O)C(c1ccccc1)N1CCC(c2ccc(-n3ccn([C@H](C)c4cccc(C(F)(F)F)c4)c3=O)cc2)CC1. The molecule has 0 bridgehead atoms. The van der Waals surface area contributed by atoms with Gasteiger partial charge in [-0.3, -0.25) is 14.0 Å². The second-order valence-corrected chi connectivity index (χ2v) is 10.6. The molecule has 2 heterocycles. The Bertz CT molecular complexity index is 1550. The Labute approximate surface area is 243 Å². The summed E-state index contributed by atoms with van der Waals surface area (Å²) in [7, 11) is 0. The molecule has 0 saturated carbocycles. The van der Waals surface area contributed by atoms with Crippen molar-refractivity contribution in [2.45, 2.75) is 50.9 Å². The van der Waals surface area contributed by atoms with Crippen molar-refractivity contribution in [3.63, 3.8) is 0 Å². The Hall–Kier alpha value is -4.11. The van der Waals surface area contributed by atoms with E-state index in [2.05, 4.69) is 4.90 Å². The smallest absolute Gasteiger partial charge is 0.416 e. The zero-order valence-corrected chi connectivity index (χ0v) is 23.6. The van der Waals surface area contributed by atoms with Crippen LogP contribution < -0.4 is 5.69 Å². The lowest BCUT2D eigenvalue weighted by Gasteiger charge is -2.36. The van der Waals surface area contributed by atoms with E-state index in [4.69, 9.17) is 4.74 Å². The van der Waals surface area contributed by atoms with E-state index in [9.17, 15) is 22.8 Å². The van der Waals surface area contributed by atoms with Gasteiger partial charge >= 0.3 is 17.8 Å². The molecule has 1 aromatic heterocycles. The second kappa shape index (κ2) is 12.4. The van der Waals surface area contributed by atoms with Crippen molar-refractivity contribution in [3.8, 4) is 5.69 Å². The zero-order chi connectivity index (χ0) is 29.9. The number of hydrogen-bond donors (Lipinski definition) is 0. The van der Waals surface area contributed by atoms with Gasteiger partial charge in [0.15, 0.2) is 0 Å². The molecule has 1 aliphatic heterocycles. The third-order valence-corrected chi connectivity index (χ3v) is 8.08. The van der Waals surface area contributed by atoms with Crippen LogP contribution >= 0.6 is 0 Å². The number of rotatable bonds is 8. The predicted molar refractivity (Wildman–Crippen MR) is 155 cm³/mol. The number of piperidine rings is 1. The molecule has 0 radical (unpaired) electrons. The van der Waals surface area contributed by atoms with Crippen molar-refractivity contribution in [3.05, 3.63) is 124 Å². The van der Waals surface area contributed by atoms with Crippen LogP contribution in [0.1, 0.15) is 66.9 Å². The molecule has 42 heavy (non-hydrogen) atoms. The van der Waals surface area contributed by atoms with Gasteiger partial charge in [-0.25, -0.2) is 9.59 Å². The van der Waals surface area contributed by atoms with Gasteiger partial charge in [0.1, 0.15) is 6.04 Å².